The Morgan fingerprint density at radius 2 is 2.04 bits per heavy atom. The molecule has 0 aliphatic carbocycles. The summed E-state index contributed by atoms with van der Waals surface area (Å²) in [6, 6.07) is 7.16. The van der Waals surface area contributed by atoms with Crippen LogP contribution in [0, 0.1) is 5.82 Å². The van der Waals surface area contributed by atoms with Crippen LogP contribution in [0.2, 0.25) is 0 Å². The van der Waals surface area contributed by atoms with Crippen LogP contribution in [0.25, 0.3) is 5.69 Å². The molecule has 2 aliphatic heterocycles. The van der Waals surface area contributed by atoms with Gasteiger partial charge in [-0.05, 0) is 37.6 Å². The Bertz CT molecular complexity index is 713. The molecule has 2 saturated heterocycles. The van der Waals surface area contributed by atoms with Crippen molar-refractivity contribution in [3.05, 3.63) is 48.0 Å². The maximum atomic E-state index is 13.4. The van der Waals surface area contributed by atoms with Crippen molar-refractivity contribution in [1.82, 2.24) is 19.6 Å². The van der Waals surface area contributed by atoms with E-state index < -0.39 is 0 Å². The third-order valence-electron chi connectivity index (χ3n) is 5.42. The molecule has 0 amide bonds. The van der Waals surface area contributed by atoms with Crippen molar-refractivity contribution in [3.8, 4) is 5.69 Å². The van der Waals surface area contributed by atoms with E-state index in [-0.39, 0.29) is 5.82 Å². The summed E-state index contributed by atoms with van der Waals surface area (Å²) in [6.07, 6.45) is 7.77. The van der Waals surface area contributed by atoms with E-state index in [2.05, 4.69) is 14.9 Å². The zero-order chi connectivity index (χ0) is 17.8. The highest BCUT2D eigenvalue weighted by Crippen LogP contribution is 2.21. The first-order chi connectivity index (χ1) is 12.8. The second-order valence-electron chi connectivity index (χ2n) is 7.31. The maximum Gasteiger partial charge on any atom is 0.125 e. The van der Waals surface area contributed by atoms with Crippen molar-refractivity contribution >= 4 is 0 Å². The molecule has 2 aromatic rings. The zero-order valence-electron chi connectivity index (χ0n) is 15.2. The van der Waals surface area contributed by atoms with Gasteiger partial charge in [0.1, 0.15) is 5.82 Å². The Morgan fingerprint density at radius 1 is 1.15 bits per heavy atom. The van der Waals surface area contributed by atoms with Crippen molar-refractivity contribution in [2.24, 2.45) is 0 Å². The summed E-state index contributed by atoms with van der Waals surface area (Å²) in [4.78, 5) is 5.12. The van der Waals surface area contributed by atoms with Crippen molar-refractivity contribution in [2.45, 2.75) is 31.8 Å². The molecule has 0 spiro atoms. The van der Waals surface area contributed by atoms with Gasteiger partial charge in [0.15, 0.2) is 0 Å². The number of hydrogen-bond acceptors (Lipinski definition) is 4. The van der Waals surface area contributed by atoms with Crippen LogP contribution >= 0.6 is 0 Å². The minimum atomic E-state index is -0.235. The Labute approximate surface area is 154 Å². The van der Waals surface area contributed by atoms with E-state index in [0.29, 0.717) is 6.04 Å². The fourth-order valence-corrected chi connectivity index (χ4v) is 3.99. The third-order valence-corrected chi connectivity index (χ3v) is 5.42. The average Bonchev–Trinajstić information content (AvgIpc) is 3.13. The normalized spacial score (nSPS) is 22.6. The van der Waals surface area contributed by atoms with Gasteiger partial charge in [0.2, 0.25) is 0 Å². The van der Waals surface area contributed by atoms with E-state index in [4.69, 9.17) is 4.74 Å². The quantitative estimate of drug-likeness (QED) is 0.823. The summed E-state index contributed by atoms with van der Waals surface area (Å²) in [5.74, 6) is -0.235. The minimum Gasteiger partial charge on any atom is -0.379 e. The molecule has 0 unspecified atom stereocenters. The summed E-state index contributed by atoms with van der Waals surface area (Å²) in [6.45, 7) is 6.97. The number of likely N-dealkylation sites (tertiary alicyclic amines) is 1. The number of rotatable bonds is 5. The lowest BCUT2D eigenvalue weighted by Gasteiger charge is -2.39. The van der Waals surface area contributed by atoms with Crippen LogP contribution < -0.4 is 0 Å². The summed E-state index contributed by atoms with van der Waals surface area (Å²) in [5, 5.41) is 4.43. The molecular weight excluding hydrogens is 331 g/mol. The lowest BCUT2D eigenvalue weighted by atomic mass is 10.0. The molecule has 140 valence electrons. The van der Waals surface area contributed by atoms with Crippen molar-refractivity contribution in [1.29, 1.82) is 0 Å². The highest BCUT2D eigenvalue weighted by molar-refractivity contribution is 5.31. The molecule has 0 bridgehead atoms. The lowest BCUT2D eigenvalue weighted by Crippen LogP contribution is -2.49. The first kappa shape index (κ1) is 17.6. The van der Waals surface area contributed by atoms with Crippen molar-refractivity contribution in [3.63, 3.8) is 0 Å². The predicted octanol–water partition coefficient (Wildman–Crippen LogP) is 2.70. The largest absolute Gasteiger partial charge is 0.379 e. The van der Waals surface area contributed by atoms with Crippen LogP contribution in [0.5, 0.6) is 0 Å². The average molecular weight is 358 g/mol. The fraction of sp³-hybridized carbons (Fsp3) is 0.550. The van der Waals surface area contributed by atoms with Gasteiger partial charge in [-0.15, -0.1) is 0 Å². The van der Waals surface area contributed by atoms with Crippen molar-refractivity contribution in [2.75, 3.05) is 39.4 Å². The van der Waals surface area contributed by atoms with Crippen LogP contribution in [-0.4, -0.2) is 65.0 Å². The summed E-state index contributed by atoms with van der Waals surface area (Å²) < 4.78 is 20.7. The van der Waals surface area contributed by atoms with Gasteiger partial charge >= 0.3 is 0 Å². The molecule has 0 N–H and O–H groups in total. The molecule has 2 fully saturated rings. The first-order valence-corrected chi connectivity index (χ1v) is 9.61. The smallest absolute Gasteiger partial charge is 0.125 e. The molecule has 4 rings (SSSR count). The Hall–Kier alpha value is -1.76. The van der Waals surface area contributed by atoms with E-state index in [1.54, 1.807) is 10.7 Å². The molecule has 1 atom stereocenters. The molecule has 6 heteroatoms. The molecule has 3 heterocycles. The van der Waals surface area contributed by atoms with E-state index in [1.807, 2.05) is 18.5 Å². The number of aromatic nitrogens is 2. The van der Waals surface area contributed by atoms with Gasteiger partial charge in [-0.25, -0.2) is 9.07 Å². The lowest BCUT2D eigenvalue weighted by molar-refractivity contribution is 0.0153. The number of morpholine rings is 1. The number of nitrogens with zero attached hydrogens (tertiary/aromatic N) is 4. The molecule has 26 heavy (non-hydrogen) atoms. The Morgan fingerprint density at radius 3 is 2.88 bits per heavy atom. The van der Waals surface area contributed by atoms with Crippen LogP contribution in [0.3, 0.4) is 0 Å². The third kappa shape index (κ3) is 4.31. The first-order valence-electron chi connectivity index (χ1n) is 9.61. The summed E-state index contributed by atoms with van der Waals surface area (Å²) in [7, 11) is 0. The molecule has 1 aromatic carbocycles. The maximum absolute atomic E-state index is 13.4. The highest BCUT2D eigenvalue weighted by Gasteiger charge is 2.25. The Kier molecular flexibility index (Phi) is 5.62. The second-order valence-corrected chi connectivity index (χ2v) is 7.31. The fourth-order valence-electron chi connectivity index (χ4n) is 3.99. The standard InChI is InChI=1S/C20H27FN4O/c21-18-4-3-6-19(12-18)25-15-17(13-22-25)14-24-7-2-1-5-20(24)16-23-8-10-26-11-9-23/h3-4,6,12-13,15,20H,1-2,5,7-11,14,16H2/t20-/m1/s1. The van der Waals surface area contributed by atoms with E-state index in [1.165, 1.54) is 37.0 Å². The van der Waals surface area contributed by atoms with Crippen LogP contribution in [-0.2, 0) is 11.3 Å². The van der Waals surface area contributed by atoms with Gasteiger partial charge in [0.05, 0.1) is 25.1 Å². The topological polar surface area (TPSA) is 33.5 Å². The molecule has 1 aromatic heterocycles. The summed E-state index contributed by atoms with van der Waals surface area (Å²) in [5.41, 5.74) is 1.95. The molecule has 0 radical (unpaired) electrons. The molecular formula is C20H27FN4O. The van der Waals surface area contributed by atoms with Gasteiger partial charge in [-0.2, -0.15) is 5.10 Å². The number of piperidine rings is 1. The van der Waals surface area contributed by atoms with Crippen LogP contribution in [0.15, 0.2) is 36.7 Å². The van der Waals surface area contributed by atoms with Gasteiger partial charge in [-0.3, -0.25) is 9.80 Å². The van der Waals surface area contributed by atoms with Crippen LogP contribution in [0.1, 0.15) is 24.8 Å². The van der Waals surface area contributed by atoms with Gasteiger partial charge in [0, 0.05) is 44.0 Å². The zero-order valence-corrected chi connectivity index (χ0v) is 15.2. The van der Waals surface area contributed by atoms with E-state index in [0.717, 1.165) is 51.6 Å². The van der Waals surface area contributed by atoms with E-state index >= 15 is 0 Å². The van der Waals surface area contributed by atoms with E-state index in [9.17, 15) is 4.39 Å². The SMILES string of the molecule is Fc1cccc(-n2cc(CN3CCCC[C@@H]3CN3CCOCC3)cn2)c1. The highest BCUT2D eigenvalue weighted by atomic mass is 19.1. The van der Waals surface area contributed by atoms with Gasteiger partial charge < -0.3 is 4.74 Å². The number of halogens is 1. The van der Waals surface area contributed by atoms with Gasteiger partial charge in [-0.1, -0.05) is 12.5 Å². The van der Waals surface area contributed by atoms with Gasteiger partial charge in [0.25, 0.3) is 0 Å². The molecule has 2 aliphatic rings. The predicted molar refractivity (Wildman–Crippen MR) is 98.8 cm³/mol. The monoisotopic (exact) mass is 358 g/mol. The number of benzene rings is 1. The molecule has 0 saturated carbocycles. The number of ether oxygens (including phenoxy) is 1. The minimum absolute atomic E-state index is 0.235. The molecule has 5 nitrogen and oxygen atoms in total. The second kappa shape index (κ2) is 8.29. The van der Waals surface area contributed by atoms with Crippen LogP contribution in [0.4, 0.5) is 4.39 Å². The Balaban J connectivity index is 1.41. The van der Waals surface area contributed by atoms with Crippen molar-refractivity contribution < 1.29 is 9.13 Å². The number of hydrogen-bond donors (Lipinski definition) is 0. The summed E-state index contributed by atoms with van der Waals surface area (Å²) >= 11 is 0.